The van der Waals surface area contributed by atoms with Crippen LogP contribution in [0.15, 0.2) is 12.1 Å². The summed E-state index contributed by atoms with van der Waals surface area (Å²) < 4.78 is 16.1. The lowest BCUT2D eigenvalue weighted by Crippen LogP contribution is -2.50. The van der Waals surface area contributed by atoms with Crippen LogP contribution in [-0.2, 0) is 0 Å². The highest BCUT2D eigenvalue weighted by atomic mass is 16.5. The van der Waals surface area contributed by atoms with Gasteiger partial charge in [-0.2, -0.15) is 0 Å². The number of methoxy groups -OCH3 is 3. The number of nitrogens with zero attached hydrogens (tertiary/aromatic N) is 1. The summed E-state index contributed by atoms with van der Waals surface area (Å²) in [6.07, 6.45) is 10.2. The van der Waals surface area contributed by atoms with Crippen molar-refractivity contribution in [2.75, 3.05) is 34.4 Å². The first-order chi connectivity index (χ1) is 13.7. The van der Waals surface area contributed by atoms with Gasteiger partial charge in [0, 0.05) is 24.2 Å². The Labute approximate surface area is 168 Å². The van der Waals surface area contributed by atoms with Crippen molar-refractivity contribution in [2.45, 2.75) is 63.5 Å². The molecule has 1 atom stereocenters. The maximum Gasteiger partial charge on any atom is 0.251 e. The van der Waals surface area contributed by atoms with E-state index in [4.69, 9.17) is 14.2 Å². The minimum absolute atomic E-state index is 0.0908. The molecule has 156 valence electrons. The van der Waals surface area contributed by atoms with Gasteiger partial charge in [-0.05, 0) is 44.4 Å². The number of carbonyl (C=O) groups is 1. The molecule has 0 bridgehead atoms. The summed E-state index contributed by atoms with van der Waals surface area (Å²) in [6.45, 7) is 2.10. The van der Waals surface area contributed by atoms with Crippen LogP contribution in [0.3, 0.4) is 0 Å². The van der Waals surface area contributed by atoms with Gasteiger partial charge in [0.05, 0.1) is 21.3 Å². The predicted octanol–water partition coefficient (Wildman–Crippen LogP) is 3.63. The van der Waals surface area contributed by atoms with Gasteiger partial charge in [-0.25, -0.2) is 0 Å². The average molecular weight is 391 g/mol. The largest absolute Gasteiger partial charge is 0.493 e. The number of rotatable bonds is 6. The lowest BCUT2D eigenvalue weighted by atomic mass is 9.99. The normalized spacial score (nSPS) is 21.6. The Morgan fingerprint density at radius 3 is 2.14 bits per heavy atom. The second kappa shape index (κ2) is 10.0. The third-order valence-electron chi connectivity index (χ3n) is 6.06. The van der Waals surface area contributed by atoms with E-state index in [-0.39, 0.29) is 11.9 Å². The summed E-state index contributed by atoms with van der Waals surface area (Å²) in [7, 11) is 4.68. The van der Waals surface area contributed by atoms with Gasteiger partial charge in [0.25, 0.3) is 5.91 Å². The maximum atomic E-state index is 12.9. The molecule has 0 spiro atoms. The van der Waals surface area contributed by atoms with E-state index in [0.29, 0.717) is 28.9 Å². The summed E-state index contributed by atoms with van der Waals surface area (Å²) >= 11 is 0. The molecular weight excluding hydrogens is 356 g/mol. The van der Waals surface area contributed by atoms with Crippen LogP contribution in [0.5, 0.6) is 17.2 Å². The number of amides is 1. The fraction of sp³-hybridized carbons (Fsp3) is 0.682. The van der Waals surface area contributed by atoms with E-state index in [2.05, 4.69) is 10.2 Å². The zero-order valence-electron chi connectivity index (χ0n) is 17.5. The molecule has 1 aromatic rings. The Balaban J connectivity index is 1.66. The molecule has 1 aromatic carbocycles. The number of ether oxygens (including phenoxy) is 3. The third-order valence-corrected chi connectivity index (χ3v) is 6.06. The highest BCUT2D eigenvalue weighted by Crippen LogP contribution is 2.38. The summed E-state index contributed by atoms with van der Waals surface area (Å²) in [4.78, 5) is 15.5. The number of benzene rings is 1. The Kier molecular flexibility index (Phi) is 7.43. The van der Waals surface area contributed by atoms with Gasteiger partial charge in [-0.1, -0.05) is 25.7 Å². The third kappa shape index (κ3) is 4.90. The van der Waals surface area contributed by atoms with Crippen LogP contribution in [-0.4, -0.2) is 57.3 Å². The van der Waals surface area contributed by atoms with E-state index in [9.17, 15) is 4.79 Å². The first kappa shape index (κ1) is 20.8. The quantitative estimate of drug-likeness (QED) is 0.752. The lowest BCUT2D eigenvalue weighted by Gasteiger charge is -2.38. The molecule has 0 aromatic heterocycles. The average Bonchev–Trinajstić information content (AvgIpc) is 3.02. The molecule has 28 heavy (non-hydrogen) atoms. The van der Waals surface area contributed by atoms with Crippen molar-refractivity contribution in [2.24, 2.45) is 0 Å². The van der Waals surface area contributed by atoms with Gasteiger partial charge in [0.2, 0.25) is 5.75 Å². The molecule has 1 aliphatic carbocycles. The van der Waals surface area contributed by atoms with E-state index in [1.165, 1.54) is 38.5 Å². The fourth-order valence-corrected chi connectivity index (χ4v) is 4.56. The molecule has 1 saturated carbocycles. The van der Waals surface area contributed by atoms with Gasteiger partial charge >= 0.3 is 0 Å². The van der Waals surface area contributed by atoms with E-state index in [0.717, 1.165) is 25.9 Å². The minimum Gasteiger partial charge on any atom is -0.493 e. The molecule has 0 radical (unpaired) electrons. The number of piperidine rings is 1. The van der Waals surface area contributed by atoms with Gasteiger partial charge in [0.15, 0.2) is 11.5 Å². The van der Waals surface area contributed by atoms with E-state index < -0.39 is 0 Å². The molecule has 1 N–H and O–H groups in total. The molecule has 1 saturated heterocycles. The first-order valence-corrected chi connectivity index (χ1v) is 10.5. The Bertz CT molecular complexity index is 631. The van der Waals surface area contributed by atoms with Crippen LogP contribution in [0, 0.1) is 0 Å². The zero-order valence-corrected chi connectivity index (χ0v) is 17.5. The van der Waals surface area contributed by atoms with Crippen molar-refractivity contribution in [1.29, 1.82) is 0 Å². The van der Waals surface area contributed by atoms with Crippen molar-refractivity contribution < 1.29 is 19.0 Å². The summed E-state index contributed by atoms with van der Waals surface area (Å²) in [5.41, 5.74) is 0.529. The van der Waals surface area contributed by atoms with Gasteiger partial charge in [0.1, 0.15) is 0 Å². The SMILES string of the molecule is COc1cc(C(=O)N[C@@H]2CCCN(C3CCCCCC3)C2)cc(OC)c1OC. The monoisotopic (exact) mass is 390 g/mol. The number of carbonyl (C=O) groups excluding carboxylic acids is 1. The molecule has 2 fully saturated rings. The second-order valence-electron chi connectivity index (χ2n) is 7.87. The Morgan fingerprint density at radius 2 is 1.57 bits per heavy atom. The van der Waals surface area contributed by atoms with Gasteiger partial charge in [-0.3, -0.25) is 9.69 Å². The molecule has 1 heterocycles. The van der Waals surface area contributed by atoms with E-state index >= 15 is 0 Å². The maximum absolute atomic E-state index is 12.9. The molecule has 1 aliphatic heterocycles. The van der Waals surface area contributed by atoms with Crippen LogP contribution < -0.4 is 19.5 Å². The van der Waals surface area contributed by atoms with Crippen LogP contribution in [0.4, 0.5) is 0 Å². The number of hydrogen-bond acceptors (Lipinski definition) is 5. The molecule has 3 rings (SSSR count). The van der Waals surface area contributed by atoms with Crippen molar-refractivity contribution in [3.8, 4) is 17.2 Å². The summed E-state index contributed by atoms with van der Waals surface area (Å²) in [6, 6.07) is 4.29. The van der Waals surface area contributed by atoms with Crippen LogP contribution >= 0.6 is 0 Å². The van der Waals surface area contributed by atoms with Crippen LogP contribution in [0.25, 0.3) is 0 Å². The molecule has 2 aliphatic rings. The van der Waals surface area contributed by atoms with Crippen molar-refractivity contribution in [3.05, 3.63) is 17.7 Å². The topological polar surface area (TPSA) is 60.0 Å². The van der Waals surface area contributed by atoms with Crippen molar-refractivity contribution in [1.82, 2.24) is 10.2 Å². The number of nitrogens with one attached hydrogen (secondary N) is 1. The molecule has 6 heteroatoms. The van der Waals surface area contributed by atoms with Crippen LogP contribution in [0.1, 0.15) is 61.7 Å². The van der Waals surface area contributed by atoms with E-state index in [1.54, 1.807) is 33.5 Å². The summed E-state index contributed by atoms with van der Waals surface area (Å²) in [5, 5.41) is 3.23. The molecule has 0 unspecified atom stereocenters. The smallest absolute Gasteiger partial charge is 0.251 e. The molecular formula is C22H34N2O4. The van der Waals surface area contributed by atoms with Crippen molar-refractivity contribution in [3.63, 3.8) is 0 Å². The molecule has 1 amide bonds. The van der Waals surface area contributed by atoms with Crippen molar-refractivity contribution >= 4 is 5.91 Å². The van der Waals surface area contributed by atoms with Gasteiger partial charge < -0.3 is 19.5 Å². The van der Waals surface area contributed by atoms with E-state index in [1.807, 2.05) is 0 Å². The number of likely N-dealkylation sites (tertiary alicyclic amines) is 1. The Morgan fingerprint density at radius 1 is 0.929 bits per heavy atom. The standard InChI is InChI=1S/C22H34N2O4/c1-26-19-13-16(14-20(27-2)21(19)28-3)22(25)23-17-9-8-12-24(15-17)18-10-6-4-5-7-11-18/h13-14,17-18H,4-12,15H2,1-3H3,(H,23,25)/t17-/m1/s1. The predicted molar refractivity (Wildman–Crippen MR) is 110 cm³/mol. The fourth-order valence-electron chi connectivity index (χ4n) is 4.56. The molecule has 6 nitrogen and oxygen atoms in total. The zero-order chi connectivity index (χ0) is 19.9. The Hall–Kier alpha value is -1.95. The van der Waals surface area contributed by atoms with Gasteiger partial charge in [-0.15, -0.1) is 0 Å². The lowest BCUT2D eigenvalue weighted by molar-refractivity contribution is 0.0860. The second-order valence-corrected chi connectivity index (χ2v) is 7.87. The minimum atomic E-state index is -0.0908. The highest BCUT2D eigenvalue weighted by molar-refractivity contribution is 5.95. The number of hydrogen-bond donors (Lipinski definition) is 1. The highest BCUT2D eigenvalue weighted by Gasteiger charge is 2.28. The van der Waals surface area contributed by atoms with Crippen LogP contribution in [0.2, 0.25) is 0 Å². The first-order valence-electron chi connectivity index (χ1n) is 10.5. The summed E-state index contributed by atoms with van der Waals surface area (Å²) in [5.74, 6) is 1.40.